The van der Waals surface area contributed by atoms with Gasteiger partial charge >= 0.3 is 0 Å². The molecule has 5 rings (SSSR count). The van der Waals surface area contributed by atoms with E-state index in [1.807, 2.05) is 0 Å². The van der Waals surface area contributed by atoms with Gasteiger partial charge in [0.25, 0.3) is 0 Å². The van der Waals surface area contributed by atoms with Gasteiger partial charge in [-0.15, -0.1) is 0 Å². The van der Waals surface area contributed by atoms with Gasteiger partial charge in [-0.2, -0.15) is 0 Å². The zero-order valence-corrected chi connectivity index (χ0v) is 9.74. The second-order valence-corrected chi connectivity index (χ2v) is 6.47. The molecule has 4 saturated carbocycles. The molecule has 4 bridgehead atoms. The number of hydrogen-bond donors (Lipinski definition) is 0. The minimum atomic E-state index is 0.328. The molecule has 1 heterocycles. The molecule has 2 heteroatoms. The number of hydrogen-bond acceptors (Lipinski definition) is 2. The first kappa shape index (κ1) is 9.26. The molecule has 0 unspecified atom stereocenters. The first-order chi connectivity index (χ1) is 7.73. The lowest BCUT2D eigenvalue weighted by molar-refractivity contribution is -0.0224. The van der Waals surface area contributed by atoms with Crippen LogP contribution in [0.3, 0.4) is 0 Å². The maximum absolute atomic E-state index is 5.80. The van der Waals surface area contributed by atoms with E-state index in [0.29, 0.717) is 12.0 Å². The van der Waals surface area contributed by atoms with E-state index in [1.54, 1.807) is 0 Å². The molecule has 0 aromatic heterocycles. The van der Waals surface area contributed by atoms with Crippen LogP contribution in [-0.4, -0.2) is 12.5 Å². The van der Waals surface area contributed by atoms with Gasteiger partial charge in [-0.1, -0.05) is 6.58 Å². The monoisotopic (exact) mass is 217 g/mol. The van der Waals surface area contributed by atoms with Crippen LogP contribution in [0.25, 0.3) is 0 Å². The van der Waals surface area contributed by atoms with Crippen LogP contribution in [0.15, 0.2) is 17.3 Å². The summed E-state index contributed by atoms with van der Waals surface area (Å²) in [5, 5.41) is 0. The van der Waals surface area contributed by atoms with Crippen LogP contribution in [-0.2, 0) is 4.74 Å². The van der Waals surface area contributed by atoms with Gasteiger partial charge in [-0.3, -0.25) is 0 Å². The maximum Gasteiger partial charge on any atom is 0.195 e. The Morgan fingerprint density at radius 3 is 2.06 bits per heavy atom. The Morgan fingerprint density at radius 1 is 1.06 bits per heavy atom. The van der Waals surface area contributed by atoms with Gasteiger partial charge in [0.15, 0.2) is 5.90 Å². The van der Waals surface area contributed by atoms with Crippen molar-refractivity contribution in [3.05, 3.63) is 12.3 Å². The lowest BCUT2D eigenvalue weighted by Crippen LogP contribution is -2.50. The molecule has 0 aromatic rings. The van der Waals surface area contributed by atoms with Crippen molar-refractivity contribution in [1.82, 2.24) is 0 Å². The molecule has 0 N–H and O–H groups in total. The fourth-order valence-corrected chi connectivity index (χ4v) is 5.00. The molecule has 2 nitrogen and oxygen atoms in total. The summed E-state index contributed by atoms with van der Waals surface area (Å²) in [6.07, 6.45) is 8.45. The highest BCUT2D eigenvalue weighted by molar-refractivity contribution is 5.85. The molecule has 4 fully saturated rings. The van der Waals surface area contributed by atoms with Gasteiger partial charge in [-0.05, 0) is 56.3 Å². The number of rotatable bonds is 1. The highest BCUT2D eigenvalue weighted by Gasteiger charge is 2.54. The van der Waals surface area contributed by atoms with Crippen LogP contribution in [0.4, 0.5) is 0 Å². The number of aliphatic imine (C=N–C) groups is 1. The second-order valence-electron chi connectivity index (χ2n) is 6.47. The first-order valence-corrected chi connectivity index (χ1v) is 6.63. The summed E-state index contributed by atoms with van der Waals surface area (Å²) < 4.78 is 5.80. The molecule has 0 amide bonds. The zero-order valence-electron chi connectivity index (χ0n) is 9.74. The average Bonchev–Trinajstić information content (AvgIpc) is 2.63. The van der Waals surface area contributed by atoms with Crippen LogP contribution < -0.4 is 0 Å². The predicted molar refractivity (Wildman–Crippen MR) is 63.1 cm³/mol. The molecule has 86 valence electrons. The molecule has 0 aromatic carbocycles. The smallest absolute Gasteiger partial charge is 0.195 e. The van der Waals surface area contributed by atoms with Gasteiger partial charge in [0.05, 0.1) is 5.70 Å². The molecule has 0 saturated heterocycles. The normalized spacial score (nSPS) is 49.4. The van der Waals surface area contributed by atoms with Crippen LogP contribution in [0.1, 0.15) is 38.5 Å². The van der Waals surface area contributed by atoms with E-state index in [-0.39, 0.29) is 0 Å². The topological polar surface area (TPSA) is 21.6 Å². The molecule has 1 aliphatic heterocycles. The van der Waals surface area contributed by atoms with Crippen LogP contribution >= 0.6 is 0 Å². The lowest BCUT2D eigenvalue weighted by atomic mass is 9.49. The third kappa shape index (κ3) is 1.16. The molecule has 0 radical (unpaired) electrons. The summed E-state index contributed by atoms with van der Waals surface area (Å²) in [6, 6.07) is 0. The summed E-state index contributed by atoms with van der Waals surface area (Å²) in [5.41, 5.74) is 1.25. The van der Waals surface area contributed by atoms with Crippen LogP contribution in [0.5, 0.6) is 0 Å². The molecule has 16 heavy (non-hydrogen) atoms. The van der Waals surface area contributed by atoms with Gasteiger partial charge in [0.2, 0.25) is 0 Å². The van der Waals surface area contributed by atoms with Crippen LogP contribution in [0, 0.1) is 23.2 Å². The highest BCUT2D eigenvalue weighted by Crippen LogP contribution is 2.61. The average molecular weight is 217 g/mol. The van der Waals surface area contributed by atoms with E-state index in [2.05, 4.69) is 11.6 Å². The first-order valence-electron chi connectivity index (χ1n) is 6.63. The van der Waals surface area contributed by atoms with E-state index in [9.17, 15) is 0 Å². The molecule has 5 aliphatic rings. The lowest BCUT2D eigenvalue weighted by Gasteiger charge is -2.55. The van der Waals surface area contributed by atoms with Gasteiger partial charge in [0, 0.05) is 5.41 Å². The molecule has 4 aliphatic carbocycles. The minimum Gasteiger partial charge on any atom is -0.474 e. The zero-order chi connectivity index (χ0) is 10.8. The van der Waals surface area contributed by atoms with E-state index in [0.717, 1.165) is 29.3 Å². The van der Waals surface area contributed by atoms with Crippen LogP contribution in [0.2, 0.25) is 0 Å². The SMILES string of the molecule is C=C1COC(C23CC4CC(CC(C4)C2)C3)=N1. The summed E-state index contributed by atoms with van der Waals surface area (Å²) in [4.78, 5) is 4.58. The van der Waals surface area contributed by atoms with E-state index in [4.69, 9.17) is 4.74 Å². The summed E-state index contributed by atoms with van der Waals surface area (Å²) in [6.45, 7) is 4.56. The second kappa shape index (κ2) is 2.91. The van der Waals surface area contributed by atoms with Crippen molar-refractivity contribution in [3.8, 4) is 0 Å². The Morgan fingerprint density at radius 2 is 1.62 bits per heavy atom. The van der Waals surface area contributed by atoms with Crippen molar-refractivity contribution in [3.63, 3.8) is 0 Å². The number of nitrogens with zero attached hydrogens (tertiary/aromatic N) is 1. The Hall–Kier alpha value is -0.790. The molecular weight excluding hydrogens is 198 g/mol. The third-order valence-corrected chi connectivity index (χ3v) is 5.13. The molecule has 0 spiro atoms. The van der Waals surface area contributed by atoms with Gasteiger partial charge in [-0.25, -0.2) is 4.99 Å². The third-order valence-electron chi connectivity index (χ3n) is 5.13. The highest BCUT2D eigenvalue weighted by atomic mass is 16.5. The standard InChI is InChI=1S/C14H19NO/c1-9-8-16-13(15-9)14-5-10-2-11(6-14)4-12(3-10)7-14/h10-12H,1-8H2. The van der Waals surface area contributed by atoms with Crippen molar-refractivity contribution in [1.29, 1.82) is 0 Å². The minimum absolute atomic E-state index is 0.328. The van der Waals surface area contributed by atoms with E-state index >= 15 is 0 Å². The Labute approximate surface area is 96.8 Å². The predicted octanol–water partition coefficient (Wildman–Crippen LogP) is 3.15. The Kier molecular flexibility index (Phi) is 1.68. The largest absolute Gasteiger partial charge is 0.474 e. The van der Waals surface area contributed by atoms with Gasteiger partial charge < -0.3 is 4.74 Å². The fourth-order valence-electron chi connectivity index (χ4n) is 5.00. The van der Waals surface area contributed by atoms with Crippen molar-refractivity contribution in [2.45, 2.75) is 38.5 Å². The van der Waals surface area contributed by atoms with E-state index < -0.39 is 0 Å². The Balaban J connectivity index is 1.71. The van der Waals surface area contributed by atoms with Crippen molar-refractivity contribution < 1.29 is 4.74 Å². The summed E-state index contributed by atoms with van der Waals surface area (Å²) in [5.74, 6) is 3.95. The summed E-state index contributed by atoms with van der Waals surface area (Å²) in [7, 11) is 0. The molecule has 0 atom stereocenters. The van der Waals surface area contributed by atoms with Crippen molar-refractivity contribution >= 4 is 5.90 Å². The van der Waals surface area contributed by atoms with Gasteiger partial charge in [0.1, 0.15) is 6.61 Å². The molecular formula is C14H19NO. The quantitative estimate of drug-likeness (QED) is 0.661. The fraction of sp³-hybridized carbons (Fsp3) is 0.786. The number of ether oxygens (including phenoxy) is 1. The van der Waals surface area contributed by atoms with Crippen molar-refractivity contribution in [2.75, 3.05) is 6.61 Å². The van der Waals surface area contributed by atoms with E-state index in [1.165, 1.54) is 38.5 Å². The summed E-state index contributed by atoms with van der Waals surface area (Å²) >= 11 is 0. The Bertz CT molecular complexity index is 347. The van der Waals surface area contributed by atoms with Crippen molar-refractivity contribution in [2.24, 2.45) is 28.2 Å². The maximum atomic E-state index is 5.80.